The predicted octanol–water partition coefficient (Wildman–Crippen LogP) is 1.27. The van der Waals surface area contributed by atoms with Crippen LogP contribution in [0.1, 0.15) is 18.9 Å². The van der Waals surface area contributed by atoms with Crippen LogP contribution in [0.4, 0.5) is 5.69 Å². The molecule has 0 bridgehead atoms. The lowest BCUT2D eigenvalue weighted by molar-refractivity contribution is -0.132. The number of carbonyl (C=O) groups is 1. The highest BCUT2D eigenvalue weighted by Crippen LogP contribution is 2.16. The van der Waals surface area contributed by atoms with Crippen LogP contribution >= 0.6 is 12.4 Å². The Bertz CT molecular complexity index is 604. The molecule has 2 N–H and O–H groups in total. The van der Waals surface area contributed by atoms with Gasteiger partial charge in [0.05, 0.1) is 11.5 Å². The Hall–Kier alpha value is -1.27. The van der Waals surface area contributed by atoms with E-state index in [1.807, 2.05) is 24.3 Å². The first kappa shape index (κ1) is 17.8. The van der Waals surface area contributed by atoms with E-state index in [4.69, 9.17) is 5.73 Å². The number of amides is 1. The van der Waals surface area contributed by atoms with Crippen LogP contribution in [0.15, 0.2) is 24.3 Å². The molecule has 1 fully saturated rings. The molecular weight excluding hydrogens is 312 g/mol. The Kier molecular flexibility index (Phi) is 6.04. The van der Waals surface area contributed by atoms with Crippen LogP contribution in [0.5, 0.6) is 0 Å². The van der Waals surface area contributed by atoms with Gasteiger partial charge in [0, 0.05) is 24.7 Å². The number of anilines is 1. The molecule has 1 aromatic carbocycles. The number of aryl methyl sites for hydroxylation is 1. The summed E-state index contributed by atoms with van der Waals surface area (Å²) >= 11 is 0. The summed E-state index contributed by atoms with van der Waals surface area (Å²) in [5.74, 6) is 0.124. The second-order valence-corrected chi connectivity index (χ2v) is 7.48. The highest BCUT2D eigenvalue weighted by atomic mass is 35.5. The Morgan fingerprint density at radius 1 is 1.38 bits per heavy atom. The van der Waals surface area contributed by atoms with E-state index in [2.05, 4.69) is 0 Å². The molecule has 0 saturated carbocycles. The molecule has 1 amide bonds. The van der Waals surface area contributed by atoms with Gasteiger partial charge in [-0.2, -0.15) is 0 Å². The zero-order chi connectivity index (χ0) is 14.8. The Balaban J connectivity index is 0.00000220. The summed E-state index contributed by atoms with van der Waals surface area (Å²) in [6.45, 7) is 2.08. The summed E-state index contributed by atoms with van der Waals surface area (Å²) in [6.07, 6.45) is 0.945. The van der Waals surface area contributed by atoms with Crippen molar-refractivity contribution in [3.8, 4) is 0 Å². The largest absolute Gasteiger partial charge is 0.399 e. The zero-order valence-electron chi connectivity index (χ0n) is 12.0. The maximum Gasteiger partial charge on any atom is 0.223 e. The lowest BCUT2D eigenvalue weighted by Gasteiger charge is -2.33. The molecule has 7 heteroatoms. The minimum absolute atomic E-state index is 0. The van der Waals surface area contributed by atoms with Crippen LogP contribution in [0.25, 0.3) is 0 Å². The van der Waals surface area contributed by atoms with E-state index in [1.54, 1.807) is 11.8 Å². The molecule has 0 aliphatic carbocycles. The molecule has 1 heterocycles. The number of benzene rings is 1. The Morgan fingerprint density at radius 3 is 2.67 bits per heavy atom. The van der Waals surface area contributed by atoms with E-state index < -0.39 is 9.84 Å². The van der Waals surface area contributed by atoms with Gasteiger partial charge in [-0.3, -0.25) is 4.79 Å². The fourth-order valence-electron chi connectivity index (χ4n) is 2.52. The monoisotopic (exact) mass is 332 g/mol. The third-order valence-corrected chi connectivity index (χ3v) is 5.45. The van der Waals surface area contributed by atoms with Crippen LogP contribution in [-0.4, -0.2) is 43.3 Å². The van der Waals surface area contributed by atoms with Crippen molar-refractivity contribution in [2.45, 2.75) is 25.8 Å². The first-order valence-electron chi connectivity index (χ1n) is 6.72. The number of para-hydroxylation sites is 1. The minimum atomic E-state index is -2.99. The number of sulfone groups is 1. The molecule has 1 aliphatic heterocycles. The van der Waals surface area contributed by atoms with Crippen LogP contribution in [0.2, 0.25) is 0 Å². The van der Waals surface area contributed by atoms with Crippen molar-refractivity contribution in [2.24, 2.45) is 0 Å². The lowest BCUT2D eigenvalue weighted by Crippen LogP contribution is -2.49. The molecule has 0 spiro atoms. The number of hydrogen-bond acceptors (Lipinski definition) is 4. The number of rotatable bonds is 3. The number of carbonyl (C=O) groups excluding carboxylic acids is 1. The van der Waals surface area contributed by atoms with Gasteiger partial charge in [-0.15, -0.1) is 12.4 Å². The van der Waals surface area contributed by atoms with Gasteiger partial charge in [-0.25, -0.2) is 8.42 Å². The van der Waals surface area contributed by atoms with Gasteiger partial charge < -0.3 is 10.6 Å². The fourth-order valence-corrected chi connectivity index (χ4v) is 4.07. The molecule has 1 aromatic rings. The highest BCUT2D eigenvalue weighted by Gasteiger charge is 2.30. The van der Waals surface area contributed by atoms with Gasteiger partial charge in [-0.05, 0) is 25.0 Å². The minimum Gasteiger partial charge on any atom is -0.399 e. The van der Waals surface area contributed by atoms with Crippen LogP contribution in [-0.2, 0) is 21.1 Å². The summed E-state index contributed by atoms with van der Waals surface area (Å²) in [5, 5.41) is 0. The smallest absolute Gasteiger partial charge is 0.223 e. The molecular formula is C14H21ClN2O3S. The Labute approximate surface area is 131 Å². The van der Waals surface area contributed by atoms with E-state index in [1.165, 1.54) is 0 Å². The van der Waals surface area contributed by atoms with E-state index >= 15 is 0 Å². The molecule has 1 saturated heterocycles. The molecule has 1 atom stereocenters. The summed E-state index contributed by atoms with van der Waals surface area (Å²) in [6, 6.07) is 7.24. The molecule has 2 rings (SSSR count). The van der Waals surface area contributed by atoms with Crippen molar-refractivity contribution in [3.05, 3.63) is 29.8 Å². The second-order valence-electron chi connectivity index (χ2n) is 5.25. The first-order chi connectivity index (χ1) is 9.39. The van der Waals surface area contributed by atoms with Crippen molar-refractivity contribution in [3.63, 3.8) is 0 Å². The number of hydrogen-bond donors (Lipinski definition) is 1. The fraction of sp³-hybridized carbons (Fsp3) is 0.500. The Morgan fingerprint density at radius 2 is 2.05 bits per heavy atom. The summed E-state index contributed by atoms with van der Waals surface area (Å²) < 4.78 is 23.0. The molecule has 21 heavy (non-hydrogen) atoms. The summed E-state index contributed by atoms with van der Waals surface area (Å²) in [4.78, 5) is 13.9. The summed E-state index contributed by atoms with van der Waals surface area (Å²) in [5.41, 5.74) is 7.49. The van der Waals surface area contributed by atoms with Crippen LogP contribution in [0, 0.1) is 0 Å². The van der Waals surface area contributed by atoms with E-state index in [-0.39, 0.29) is 35.9 Å². The van der Waals surface area contributed by atoms with Gasteiger partial charge in [0.1, 0.15) is 0 Å². The average Bonchev–Trinajstić information content (AvgIpc) is 2.36. The van der Waals surface area contributed by atoms with Crippen LogP contribution in [0.3, 0.4) is 0 Å². The van der Waals surface area contributed by atoms with Gasteiger partial charge in [-0.1, -0.05) is 18.2 Å². The third-order valence-electron chi connectivity index (χ3n) is 3.65. The zero-order valence-corrected chi connectivity index (χ0v) is 13.6. The maximum absolute atomic E-state index is 12.2. The number of nitrogen functional groups attached to an aromatic ring is 1. The number of nitrogens with zero attached hydrogens (tertiary/aromatic N) is 1. The lowest BCUT2D eigenvalue weighted by atomic mass is 10.1. The van der Waals surface area contributed by atoms with Crippen LogP contribution < -0.4 is 5.73 Å². The second kappa shape index (κ2) is 7.13. The average molecular weight is 333 g/mol. The summed E-state index contributed by atoms with van der Waals surface area (Å²) in [7, 11) is -2.99. The number of nitrogens with two attached hydrogens (primary N) is 1. The van der Waals surface area contributed by atoms with Crippen molar-refractivity contribution in [2.75, 3.05) is 23.8 Å². The molecule has 1 unspecified atom stereocenters. The van der Waals surface area contributed by atoms with Gasteiger partial charge in [0.25, 0.3) is 0 Å². The van der Waals surface area contributed by atoms with Crippen molar-refractivity contribution < 1.29 is 13.2 Å². The quantitative estimate of drug-likeness (QED) is 0.845. The van der Waals surface area contributed by atoms with Crippen molar-refractivity contribution in [1.82, 2.24) is 4.90 Å². The standard InChI is InChI=1S/C14H20N2O3S.ClH/c1-11-10-20(18,19)9-8-16(11)14(17)7-6-12-4-2-3-5-13(12)15;/h2-5,11H,6-10,15H2,1H3;1H. The highest BCUT2D eigenvalue weighted by molar-refractivity contribution is 7.91. The number of halogens is 1. The van der Waals surface area contributed by atoms with E-state index in [0.29, 0.717) is 25.1 Å². The molecule has 0 aromatic heterocycles. The predicted molar refractivity (Wildman–Crippen MR) is 86.3 cm³/mol. The first-order valence-corrected chi connectivity index (χ1v) is 8.54. The molecule has 5 nitrogen and oxygen atoms in total. The van der Waals surface area contributed by atoms with Gasteiger partial charge in [0.2, 0.25) is 5.91 Å². The SMILES string of the molecule is CC1CS(=O)(=O)CCN1C(=O)CCc1ccccc1N.Cl. The van der Waals surface area contributed by atoms with E-state index in [9.17, 15) is 13.2 Å². The van der Waals surface area contributed by atoms with Gasteiger partial charge in [0.15, 0.2) is 9.84 Å². The normalized spacial score (nSPS) is 20.6. The van der Waals surface area contributed by atoms with Gasteiger partial charge >= 0.3 is 0 Å². The van der Waals surface area contributed by atoms with Crippen molar-refractivity contribution >= 4 is 33.8 Å². The maximum atomic E-state index is 12.2. The third kappa shape index (κ3) is 4.61. The van der Waals surface area contributed by atoms with E-state index in [0.717, 1.165) is 5.56 Å². The molecule has 0 radical (unpaired) electrons. The molecule has 1 aliphatic rings. The topological polar surface area (TPSA) is 80.5 Å². The molecule has 118 valence electrons. The van der Waals surface area contributed by atoms with Crippen molar-refractivity contribution in [1.29, 1.82) is 0 Å².